The molecular weight excluding hydrogens is 442 g/mol. The van der Waals surface area contributed by atoms with E-state index in [1.54, 1.807) is 36.7 Å². The second-order valence-electron chi connectivity index (χ2n) is 9.54. The molecule has 0 radical (unpaired) electrons. The van der Waals surface area contributed by atoms with Gasteiger partial charge in [0.2, 0.25) is 5.95 Å². The summed E-state index contributed by atoms with van der Waals surface area (Å²) in [5.74, 6) is 0.708. The van der Waals surface area contributed by atoms with Crippen LogP contribution in [-0.2, 0) is 14.6 Å². The fraction of sp³-hybridized carbons (Fsp3) is 0.522. The van der Waals surface area contributed by atoms with Gasteiger partial charge in [-0.25, -0.2) is 23.2 Å². The molecule has 2 aromatic rings. The van der Waals surface area contributed by atoms with Crippen LogP contribution in [0.4, 0.5) is 16.4 Å². The number of nitrogens with zero attached hydrogens (tertiary/aromatic N) is 2. The third kappa shape index (κ3) is 4.96. The van der Waals surface area contributed by atoms with Crippen molar-refractivity contribution in [3.05, 3.63) is 42.2 Å². The first-order valence-corrected chi connectivity index (χ1v) is 13.0. The molecule has 33 heavy (non-hydrogen) atoms. The number of ether oxygens (including phenoxy) is 1. The van der Waals surface area contributed by atoms with Gasteiger partial charge in [0, 0.05) is 36.7 Å². The smallest absolute Gasteiger partial charge is 0.407 e. The van der Waals surface area contributed by atoms with Gasteiger partial charge in [-0.1, -0.05) is 0 Å². The van der Waals surface area contributed by atoms with E-state index in [0.29, 0.717) is 23.9 Å². The van der Waals surface area contributed by atoms with Crippen LogP contribution >= 0.6 is 0 Å². The van der Waals surface area contributed by atoms with Crippen LogP contribution in [0, 0.1) is 0 Å². The summed E-state index contributed by atoms with van der Waals surface area (Å²) in [4.78, 5) is 21.2. The van der Waals surface area contributed by atoms with Crippen molar-refractivity contribution in [1.82, 2.24) is 20.6 Å². The van der Waals surface area contributed by atoms with E-state index in [1.807, 2.05) is 6.92 Å². The molecule has 0 bridgehead atoms. The van der Waals surface area contributed by atoms with Crippen molar-refractivity contribution in [1.29, 1.82) is 0 Å². The standard InChI is InChI=1S/C23H29N5O4S/c1-23(8-9-23)28-22(29)32-18-5-2-15(10-18)16-11-25-21(26-12-16)27-17-3-6-19(7-4-17)33(30,31)20-13-24-14-20/h3-4,6-7,11-12,15,18,20,24H,2,5,8-10,13-14H2,1H3,(H,28,29)(H,25,26,27)/t15-,18+/m0/s1. The summed E-state index contributed by atoms with van der Waals surface area (Å²) in [5.41, 5.74) is 1.67. The van der Waals surface area contributed by atoms with Crippen LogP contribution in [0.2, 0.25) is 0 Å². The van der Waals surface area contributed by atoms with Gasteiger partial charge in [0.15, 0.2) is 9.84 Å². The third-order valence-corrected chi connectivity index (χ3v) is 8.97. The van der Waals surface area contributed by atoms with Gasteiger partial charge in [-0.3, -0.25) is 0 Å². The molecule has 10 heteroatoms. The predicted octanol–water partition coefficient (Wildman–Crippen LogP) is 2.88. The van der Waals surface area contributed by atoms with Gasteiger partial charge in [0.05, 0.1) is 10.1 Å². The molecule has 3 aliphatic rings. The first-order chi connectivity index (χ1) is 15.8. The zero-order valence-electron chi connectivity index (χ0n) is 18.6. The number of amides is 1. The molecule has 2 heterocycles. The van der Waals surface area contributed by atoms with E-state index >= 15 is 0 Å². The maximum absolute atomic E-state index is 12.5. The molecule has 2 aliphatic carbocycles. The zero-order chi connectivity index (χ0) is 23.1. The lowest BCUT2D eigenvalue weighted by atomic mass is 10.0. The van der Waals surface area contributed by atoms with E-state index in [9.17, 15) is 13.2 Å². The Labute approximate surface area is 193 Å². The van der Waals surface area contributed by atoms with E-state index in [4.69, 9.17) is 4.74 Å². The Morgan fingerprint density at radius 1 is 1.12 bits per heavy atom. The molecule has 5 rings (SSSR count). The van der Waals surface area contributed by atoms with Crippen molar-refractivity contribution >= 4 is 27.6 Å². The van der Waals surface area contributed by atoms with Crippen molar-refractivity contribution in [2.75, 3.05) is 18.4 Å². The number of hydrogen-bond donors (Lipinski definition) is 3. The Hall–Kier alpha value is -2.72. The maximum atomic E-state index is 12.5. The monoisotopic (exact) mass is 471 g/mol. The van der Waals surface area contributed by atoms with E-state index < -0.39 is 9.84 Å². The number of anilines is 2. The van der Waals surface area contributed by atoms with Crippen LogP contribution in [0.15, 0.2) is 41.6 Å². The highest BCUT2D eigenvalue weighted by Crippen LogP contribution is 2.37. The first-order valence-electron chi connectivity index (χ1n) is 11.4. The summed E-state index contributed by atoms with van der Waals surface area (Å²) < 4.78 is 30.5. The van der Waals surface area contributed by atoms with Gasteiger partial charge in [-0.05, 0) is 74.8 Å². The van der Waals surface area contributed by atoms with Crippen molar-refractivity contribution in [2.45, 2.75) is 66.7 Å². The van der Waals surface area contributed by atoms with E-state index in [2.05, 4.69) is 25.9 Å². The number of hydrogen-bond acceptors (Lipinski definition) is 8. The van der Waals surface area contributed by atoms with Crippen molar-refractivity contribution in [2.24, 2.45) is 0 Å². The molecular formula is C23H29N5O4S. The van der Waals surface area contributed by atoms with Crippen LogP contribution < -0.4 is 16.0 Å². The Morgan fingerprint density at radius 2 is 1.82 bits per heavy atom. The molecule has 2 saturated carbocycles. The second kappa shape index (κ2) is 8.57. The Kier molecular flexibility index (Phi) is 5.74. The van der Waals surface area contributed by atoms with E-state index in [-0.39, 0.29) is 28.9 Å². The lowest BCUT2D eigenvalue weighted by Crippen LogP contribution is -2.51. The molecule has 176 valence electrons. The minimum absolute atomic E-state index is 0.0750. The predicted molar refractivity (Wildman–Crippen MR) is 123 cm³/mol. The minimum atomic E-state index is -3.28. The van der Waals surface area contributed by atoms with Crippen molar-refractivity contribution in [3.63, 3.8) is 0 Å². The average Bonchev–Trinajstić information content (AvgIpc) is 3.27. The Bertz CT molecular complexity index is 1110. The molecule has 3 N–H and O–H groups in total. The molecule has 1 aliphatic heterocycles. The minimum Gasteiger partial charge on any atom is -0.446 e. The van der Waals surface area contributed by atoms with Gasteiger partial charge in [0.25, 0.3) is 0 Å². The average molecular weight is 472 g/mol. The fourth-order valence-electron chi connectivity index (χ4n) is 4.23. The summed E-state index contributed by atoms with van der Waals surface area (Å²) in [6.45, 7) is 3.04. The first kappa shape index (κ1) is 22.1. The molecule has 2 atom stereocenters. The van der Waals surface area contributed by atoms with Crippen LogP contribution in [0.5, 0.6) is 0 Å². The van der Waals surface area contributed by atoms with Crippen LogP contribution in [0.1, 0.15) is 50.5 Å². The number of carbonyl (C=O) groups is 1. The van der Waals surface area contributed by atoms with Gasteiger partial charge < -0.3 is 20.7 Å². The lowest BCUT2D eigenvalue weighted by Gasteiger charge is -2.26. The van der Waals surface area contributed by atoms with Gasteiger partial charge in [-0.2, -0.15) is 0 Å². The molecule has 3 fully saturated rings. The van der Waals surface area contributed by atoms with Gasteiger partial charge >= 0.3 is 6.09 Å². The highest BCUT2D eigenvalue weighted by Gasteiger charge is 2.40. The molecule has 1 aromatic carbocycles. The quantitative estimate of drug-likeness (QED) is 0.563. The Balaban J connectivity index is 1.14. The summed E-state index contributed by atoms with van der Waals surface area (Å²) in [7, 11) is -3.28. The number of rotatable bonds is 7. The molecule has 1 aromatic heterocycles. The maximum Gasteiger partial charge on any atom is 0.407 e. The second-order valence-corrected chi connectivity index (χ2v) is 11.8. The number of sulfone groups is 1. The summed E-state index contributed by atoms with van der Waals surface area (Å²) in [5, 5.41) is 8.70. The number of alkyl carbamates (subject to hydrolysis) is 1. The van der Waals surface area contributed by atoms with Gasteiger partial charge in [0.1, 0.15) is 6.10 Å². The number of benzene rings is 1. The van der Waals surface area contributed by atoms with Crippen molar-refractivity contribution in [3.8, 4) is 0 Å². The molecule has 1 saturated heterocycles. The largest absolute Gasteiger partial charge is 0.446 e. The fourth-order valence-corrected chi connectivity index (χ4v) is 5.81. The van der Waals surface area contributed by atoms with Crippen LogP contribution in [0.3, 0.4) is 0 Å². The summed E-state index contributed by atoms with van der Waals surface area (Å²) in [6, 6.07) is 6.68. The molecule has 0 spiro atoms. The van der Waals surface area contributed by atoms with E-state index in [1.165, 1.54) is 0 Å². The normalized spacial score (nSPS) is 24.0. The lowest BCUT2D eigenvalue weighted by molar-refractivity contribution is 0.0967. The molecule has 9 nitrogen and oxygen atoms in total. The molecule has 1 amide bonds. The van der Waals surface area contributed by atoms with Crippen LogP contribution in [-0.4, -0.2) is 54.5 Å². The highest BCUT2D eigenvalue weighted by atomic mass is 32.2. The SMILES string of the molecule is CC1(NC(=O)O[C@@H]2CC[C@H](c3cnc(Nc4ccc(S(=O)(=O)C5CNC5)cc4)nc3)C2)CC1. The number of nitrogens with one attached hydrogen (secondary N) is 3. The summed E-state index contributed by atoms with van der Waals surface area (Å²) >= 11 is 0. The van der Waals surface area contributed by atoms with E-state index in [0.717, 1.165) is 43.4 Å². The topological polar surface area (TPSA) is 122 Å². The third-order valence-electron chi connectivity index (χ3n) is 6.83. The number of aromatic nitrogens is 2. The summed E-state index contributed by atoms with van der Waals surface area (Å²) in [6.07, 6.45) is 7.75. The highest BCUT2D eigenvalue weighted by molar-refractivity contribution is 7.92. The van der Waals surface area contributed by atoms with Crippen molar-refractivity contribution < 1.29 is 17.9 Å². The van der Waals surface area contributed by atoms with Crippen LogP contribution in [0.25, 0.3) is 0 Å². The van der Waals surface area contributed by atoms with Gasteiger partial charge in [-0.15, -0.1) is 0 Å². The number of carbonyl (C=O) groups excluding carboxylic acids is 1. The zero-order valence-corrected chi connectivity index (χ0v) is 19.4. The molecule has 0 unspecified atom stereocenters. The Morgan fingerprint density at radius 3 is 2.42 bits per heavy atom.